The SMILES string of the molecule is CC/[C]=C(/C=CCCCCCC)CC. The standard InChI is InChI=1S/C14H25/c1-4-7-8-9-10-11-13-14(6-3)12-5-2/h11,13H,4-10H2,1-3H3. The summed E-state index contributed by atoms with van der Waals surface area (Å²) >= 11 is 0. The summed E-state index contributed by atoms with van der Waals surface area (Å²) in [5, 5.41) is 0. The van der Waals surface area contributed by atoms with E-state index in [-0.39, 0.29) is 0 Å². The molecule has 0 aliphatic heterocycles. The quantitative estimate of drug-likeness (QED) is 0.373. The molecule has 0 aromatic carbocycles. The molecule has 0 atom stereocenters. The normalized spacial score (nSPS) is 12.6. The monoisotopic (exact) mass is 193 g/mol. The van der Waals surface area contributed by atoms with Gasteiger partial charge in [0.2, 0.25) is 0 Å². The zero-order valence-corrected chi connectivity index (χ0v) is 10.1. The average molecular weight is 193 g/mol. The smallest absolute Gasteiger partial charge is 0.0302 e. The highest BCUT2D eigenvalue weighted by Gasteiger charge is 1.87. The van der Waals surface area contributed by atoms with Crippen molar-refractivity contribution < 1.29 is 0 Å². The molecule has 0 N–H and O–H groups in total. The van der Waals surface area contributed by atoms with Gasteiger partial charge in [0.1, 0.15) is 0 Å². The van der Waals surface area contributed by atoms with Gasteiger partial charge in [-0.15, -0.1) is 0 Å². The Morgan fingerprint density at radius 1 is 1.07 bits per heavy atom. The van der Waals surface area contributed by atoms with Crippen LogP contribution >= 0.6 is 0 Å². The Hall–Kier alpha value is -0.520. The maximum absolute atomic E-state index is 3.36. The minimum atomic E-state index is 1.03. The molecular formula is C14H25. The van der Waals surface area contributed by atoms with Crippen LogP contribution < -0.4 is 0 Å². The lowest BCUT2D eigenvalue weighted by molar-refractivity contribution is 0.674. The van der Waals surface area contributed by atoms with Gasteiger partial charge in [-0.05, 0) is 37.3 Å². The van der Waals surface area contributed by atoms with Crippen molar-refractivity contribution >= 4 is 0 Å². The molecule has 0 aliphatic carbocycles. The molecule has 0 heterocycles. The fraction of sp³-hybridized carbons (Fsp3) is 0.714. The van der Waals surface area contributed by atoms with Crippen LogP contribution in [0.3, 0.4) is 0 Å². The van der Waals surface area contributed by atoms with Gasteiger partial charge in [-0.25, -0.2) is 0 Å². The van der Waals surface area contributed by atoms with E-state index in [9.17, 15) is 0 Å². The Labute approximate surface area is 90.1 Å². The molecule has 0 amide bonds. The molecule has 1 radical (unpaired) electrons. The number of hydrogen-bond donors (Lipinski definition) is 0. The van der Waals surface area contributed by atoms with E-state index in [1.807, 2.05) is 0 Å². The van der Waals surface area contributed by atoms with E-state index in [0.717, 1.165) is 12.8 Å². The Balaban J connectivity index is 3.54. The van der Waals surface area contributed by atoms with E-state index < -0.39 is 0 Å². The van der Waals surface area contributed by atoms with Crippen molar-refractivity contribution in [2.45, 2.75) is 65.7 Å². The summed E-state index contributed by atoms with van der Waals surface area (Å²) in [4.78, 5) is 0. The lowest BCUT2D eigenvalue weighted by Gasteiger charge is -1.96. The molecule has 0 bridgehead atoms. The van der Waals surface area contributed by atoms with Gasteiger partial charge < -0.3 is 0 Å². The number of unbranched alkanes of at least 4 members (excludes halogenated alkanes) is 4. The van der Waals surface area contributed by atoms with Gasteiger partial charge in [-0.2, -0.15) is 0 Å². The van der Waals surface area contributed by atoms with Gasteiger partial charge in [0.05, 0.1) is 0 Å². The lowest BCUT2D eigenvalue weighted by Crippen LogP contribution is -1.77. The maximum Gasteiger partial charge on any atom is -0.0302 e. The second-order valence-corrected chi connectivity index (χ2v) is 3.66. The minimum Gasteiger partial charge on any atom is -0.0843 e. The van der Waals surface area contributed by atoms with Crippen LogP contribution in [0.15, 0.2) is 17.7 Å². The first-order valence-electron chi connectivity index (χ1n) is 6.11. The third kappa shape index (κ3) is 8.10. The zero-order valence-electron chi connectivity index (χ0n) is 10.1. The number of hydrogen-bond acceptors (Lipinski definition) is 0. The Kier molecular flexibility index (Phi) is 10.2. The number of allylic oxidation sites excluding steroid dienone is 4. The van der Waals surface area contributed by atoms with Crippen LogP contribution in [0.5, 0.6) is 0 Å². The first-order chi connectivity index (χ1) is 6.85. The lowest BCUT2D eigenvalue weighted by atomic mass is 10.1. The van der Waals surface area contributed by atoms with Crippen molar-refractivity contribution in [2.24, 2.45) is 0 Å². The van der Waals surface area contributed by atoms with Crippen molar-refractivity contribution in [3.8, 4) is 0 Å². The molecule has 0 aromatic heterocycles. The van der Waals surface area contributed by atoms with Crippen molar-refractivity contribution in [3.05, 3.63) is 23.8 Å². The van der Waals surface area contributed by atoms with Crippen LogP contribution in [0.2, 0.25) is 0 Å². The van der Waals surface area contributed by atoms with Crippen molar-refractivity contribution in [1.82, 2.24) is 0 Å². The Bertz CT molecular complexity index is 163. The van der Waals surface area contributed by atoms with Crippen LogP contribution in [0.4, 0.5) is 0 Å². The van der Waals surface area contributed by atoms with Gasteiger partial charge in [0.25, 0.3) is 0 Å². The van der Waals surface area contributed by atoms with Gasteiger partial charge >= 0.3 is 0 Å². The van der Waals surface area contributed by atoms with E-state index in [2.05, 4.69) is 39.0 Å². The van der Waals surface area contributed by atoms with Gasteiger partial charge in [0, 0.05) is 0 Å². The molecule has 0 unspecified atom stereocenters. The molecular weight excluding hydrogens is 168 g/mol. The molecule has 14 heavy (non-hydrogen) atoms. The summed E-state index contributed by atoms with van der Waals surface area (Å²) < 4.78 is 0. The van der Waals surface area contributed by atoms with Crippen LogP contribution in [0.25, 0.3) is 0 Å². The van der Waals surface area contributed by atoms with Gasteiger partial charge in [-0.1, -0.05) is 52.2 Å². The summed E-state index contributed by atoms with van der Waals surface area (Å²) in [5.74, 6) is 0. The van der Waals surface area contributed by atoms with Crippen molar-refractivity contribution in [3.63, 3.8) is 0 Å². The zero-order chi connectivity index (χ0) is 10.6. The largest absolute Gasteiger partial charge is 0.0843 e. The van der Waals surface area contributed by atoms with E-state index >= 15 is 0 Å². The van der Waals surface area contributed by atoms with Crippen LogP contribution in [0.1, 0.15) is 65.7 Å². The third-order valence-electron chi connectivity index (χ3n) is 2.33. The van der Waals surface area contributed by atoms with Gasteiger partial charge in [0.15, 0.2) is 0 Å². The van der Waals surface area contributed by atoms with Gasteiger partial charge in [-0.3, -0.25) is 0 Å². The van der Waals surface area contributed by atoms with Crippen LogP contribution in [-0.2, 0) is 0 Å². The van der Waals surface area contributed by atoms with Crippen LogP contribution in [0, 0.1) is 6.08 Å². The summed E-state index contributed by atoms with van der Waals surface area (Å²) in [7, 11) is 0. The van der Waals surface area contributed by atoms with Crippen molar-refractivity contribution in [1.29, 1.82) is 0 Å². The predicted octanol–water partition coefficient (Wildman–Crippen LogP) is 5.06. The predicted molar refractivity (Wildman–Crippen MR) is 65.2 cm³/mol. The summed E-state index contributed by atoms with van der Waals surface area (Å²) in [6.07, 6.45) is 16.7. The summed E-state index contributed by atoms with van der Waals surface area (Å²) in [6.45, 7) is 6.59. The molecule has 0 heteroatoms. The average Bonchev–Trinajstić information content (AvgIpc) is 2.21. The molecule has 0 nitrogen and oxygen atoms in total. The van der Waals surface area contributed by atoms with Crippen molar-refractivity contribution in [2.75, 3.05) is 0 Å². The van der Waals surface area contributed by atoms with Crippen LogP contribution in [-0.4, -0.2) is 0 Å². The highest BCUT2D eigenvalue weighted by Crippen LogP contribution is 2.07. The molecule has 81 valence electrons. The topological polar surface area (TPSA) is 0 Å². The first-order valence-corrected chi connectivity index (χ1v) is 6.11. The molecule has 0 saturated heterocycles. The number of rotatable bonds is 8. The molecule has 0 rings (SSSR count). The fourth-order valence-corrected chi connectivity index (χ4v) is 1.44. The van der Waals surface area contributed by atoms with E-state index in [0.29, 0.717) is 0 Å². The molecule has 0 aromatic rings. The Morgan fingerprint density at radius 2 is 1.86 bits per heavy atom. The van der Waals surface area contributed by atoms with E-state index in [1.54, 1.807) is 0 Å². The maximum atomic E-state index is 3.36. The highest BCUT2D eigenvalue weighted by atomic mass is 13.9. The van der Waals surface area contributed by atoms with E-state index in [1.165, 1.54) is 37.7 Å². The van der Waals surface area contributed by atoms with E-state index in [4.69, 9.17) is 0 Å². The third-order valence-corrected chi connectivity index (χ3v) is 2.33. The molecule has 0 fully saturated rings. The first kappa shape index (κ1) is 13.5. The summed E-state index contributed by atoms with van der Waals surface area (Å²) in [5.41, 5.74) is 1.36. The fourth-order valence-electron chi connectivity index (χ4n) is 1.44. The Morgan fingerprint density at radius 3 is 2.43 bits per heavy atom. The molecule has 0 saturated carbocycles. The second-order valence-electron chi connectivity index (χ2n) is 3.66. The molecule has 0 aliphatic rings. The molecule has 0 spiro atoms. The minimum absolute atomic E-state index is 1.03. The second kappa shape index (κ2) is 10.6. The highest BCUT2D eigenvalue weighted by molar-refractivity contribution is 5.14. The summed E-state index contributed by atoms with van der Waals surface area (Å²) in [6, 6.07) is 0.